The first-order chi connectivity index (χ1) is 32.6. The molecule has 9 aromatic rings. The van der Waals surface area contributed by atoms with E-state index in [0.717, 1.165) is 34.8 Å². The summed E-state index contributed by atoms with van der Waals surface area (Å²) in [6.07, 6.45) is 9.63. The average Bonchev–Trinajstić information content (AvgIpc) is 3.87. The van der Waals surface area contributed by atoms with Crippen LogP contribution in [0, 0.1) is 0 Å². The Morgan fingerprint density at radius 3 is 1.58 bits per heavy atom. The first kappa shape index (κ1) is 39.4. The van der Waals surface area contributed by atoms with Gasteiger partial charge in [-0.15, -0.1) is 0 Å². The van der Waals surface area contributed by atoms with E-state index in [0.29, 0.717) is 0 Å². The summed E-state index contributed by atoms with van der Waals surface area (Å²) in [5.74, 6) is 0.834. The molecule has 0 aliphatic heterocycles. The van der Waals surface area contributed by atoms with Gasteiger partial charge < -0.3 is 9.64 Å². The first-order valence-electron chi connectivity index (χ1n) is 22.9. The third-order valence-corrected chi connectivity index (χ3v) is 14.3. The third kappa shape index (κ3) is 5.88. The summed E-state index contributed by atoms with van der Waals surface area (Å²) in [7, 11) is 1.73. The summed E-state index contributed by atoms with van der Waals surface area (Å²) in [6, 6.07) is 80.5. The second-order valence-corrected chi connectivity index (χ2v) is 17.6. The van der Waals surface area contributed by atoms with Crippen LogP contribution in [-0.4, -0.2) is 7.11 Å². The van der Waals surface area contributed by atoms with Crippen LogP contribution < -0.4 is 9.64 Å². The lowest BCUT2D eigenvalue weighted by molar-refractivity contribution is 0.414. The molecule has 0 amide bonds. The van der Waals surface area contributed by atoms with Crippen LogP contribution in [0.3, 0.4) is 0 Å². The summed E-state index contributed by atoms with van der Waals surface area (Å²) >= 11 is 0. The van der Waals surface area contributed by atoms with E-state index in [1.807, 2.05) is 0 Å². The van der Waals surface area contributed by atoms with Crippen LogP contribution in [0.4, 0.5) is 17.1 Å². The molecule has 0 saturated carbocycles. The van der Waals surface area contributed by atoms with E-state index in [4.69, 9.17) is 11.3 Å². The van der Waals surface area contributed by atoms with Crippen molar-refractivity contribution in [3.8, 4) is 39.1 Å². The third-order valence-electron chi connectivity index (χ3n) is 14.3. The fourth-order valence-electron chi connectivity index (χ4n) is 11.5. The van der Waals surface area contributed by atoms with Crippen LogP contribution in [0.1, 0.15) is 44.5 Å². The van der Waals surface area contributed by atoms with Crippen LogP contribution in [0.2, 0.25) is 0 Å². The Bertz CT molecular complexity index is 3380. The maximum absolute atomic E-state index is 5.71. The molecule has 2 nitrogen and oxygen atoms in total. The molecule has 1 spiro atoms. The van der Waals surface area contributed by atoms with Gasteiger partial charge in [0.1, 0.15) is 5.75 Å². The Balaban J connectivity index is 1.12. The summed E-state index contributed by atoms with van der Waals surface area (Å²) in [4.78, 5) is 2.46. The van der Waals surface area contributed by atoms with Gasteiger partial charge in [-0.25, -0.2) is 0 Å². The lowest BCUT2D eigenvalue weighted by Gasteiger charge is -2.37. The number of methoxy groups -OCH3 is 1. The van der Waals surface area contributed by atoms with Crippen molar-refractivity contribution in [2.75, 3.05) is 12.0 Å². The van der Waals surface area contributed by atoms with Crippen molar-refractivity contribution in [1.29, 1.82) is 0 Å². The first-order valence-corrected chi connectivity index (χ1v) is 22.9. The standard InChI is InChI=1S/C64H47NO/c1-44-18-6-3-9-21-47-22-12-15-27-58(47)63(44)59-28-16-13-25-54(59)56-40-36-51(42-61(56)63)65(50-34-30-46(31-35-50)45-19-7-4-8-20-45)52-37-41-57-55-26-14-17-29-60(55)64(62(57)43-52,48-23-10-5-11-24-48)49-32-38-53(66-2)39-33-49/h3-20,22-43H,1,21H2,2H3/b9-3-,18-6-. The van der Waals surface area contributed by atoms with E-state index in [1.165, 1.54) is 77.9 Å². The zero-order valence-corrected chi connectivity index (χ0v) is 36.9. The number of ether oxygens (including phenoxy) is 1. The van der Waals surface area contributed by atoms with Crippen LogP contribution in [0.5, 0.6) is 5.75 Å². The van der Waals surface area contributed by atoms with Gasteiger partial charge in [0.25, 0.3) is 0 Å². The molecule has 0 radical (unpaired) electrons. The molecule has 66 heavy (non-hydrogen) atoms. The summed E-state index contributed by atoms with van der Waals surface area (Å²) in [6.45, 7) is 4.92. The molecule has 2 heteroatoms. The van der Waals surface area contributed by atoms with Crippen molar-refractivity contribution in [3.63, 3.8) is 0 Å². The van der Waals surface area contributed by atoms with Crippen molar-refractivity contribution in [2.24, 2.45) is 0 Å². The van der Waals surface area contributed by atoms with Crippen molar-refractivity contribution >= 4 is 17.1 Å². The Morgan fingerprint density at radius 2 is 0.924 bits per heavy atom. The van der Waals surface area contributed by atoms with E-state index < -0.39 is 10.8 Å². The van der Waals surface area contributed by atoms with Gasteiger partial charge >= 0.3 is 0 Å². The fraction of sp³-hybridized carbons (Fsp3) is 0.0625. The highest BCUT2D eigenvalue weighted by Gasteiger charge is 2.48. The Labute approximate surface area is 387 Å². The average molecular weight is 846 g/mol. The molecule has 9 aromatic carbocycles. The minimum atomic E-state index is -0.611. The van der Waals surface area contributed by atoms with Crippen LogP contribution >= 0.6 is 0 Å². The van der Waals surface area contributed by atoms with Crippen molar-refractivity contribution in [3.05, 3.63) is 299 Å². The second kappa shape index (κ2) is 15.8. The van der Waals surface area contributed by atoms with Gasteiger partial charge in [-0.1, -0.05) is 201 Å². The number of allylic oxidation sites excluding steroid dienone is 5. The molecule has 0 fully saturated rings. The summed E-state index contributed by atoms with van der Waals surface area (Å²) in [5, 5.41) is 0. The quantitative estimate of drug-likeness (QED) is 0.158. The highest BCUT2D eigenvalue weighted by Crippen LogP contribution is 2.60. The minimum Gasteiger partial charge on any atom is -0.497 e. The summed E-state index contributed by atoms with van der Waals surface area (Å²) in [5.41, 5.74) is 20.4. The molecule has 0 saturated heterocycles. The zero-order chi connectivity index (χ0) is 44.2. The second-order valence-electron chi connectivity index (χ2n) is 17.6. The predicted molar refractivity (Wildman–Crippen MR) is 273 cm³/mol. The Morgan fingerprint density at radius 1 is 0.424 bits per heavy atom. The molecule has 0 N–H and O–H groups in total. The normalized spacial score (nSPS) is 18.4. The monoisotopic (exact) mass is 845 g/mol. The molecule has 314 valence electrons. The van der Waals surface area contributed by atoms with Gasteiger partial charge in [0, 0.05) is 17.1 Å². The van der Waals surface area contributed by atoms with E-state index >= 15 is 0 Å². The van der Waals surface area contributed by atoms with Crippen molar-refractivity contribution in [1.82, 2.24) is 0 Å². The molecule has 3 aliphatic carbocycles. The summed E-state index contributed by atoms with van der Waals surface area (Å²) < 4.78 is 5.71. The van der Waals surface area contributed by atoms with Crippen molar-refractivity contribution in [2.45, 2.75) is 17.3 Å². The highest BCUT2D eigenvalue weighted by atomic mass is 16.5. The molecule has 2 atom stereocenters. The van der Waals surface area contributed by atoms with Gasteiger partial charge in [0.05, 0.1) is 17.9 Å². The number of hydrogen-bond donors (Lipinski definition) is 0. The van der Waals surface area contributed by atoms with Crippen LogP contribution in [-0.2, 0) is 17.3 Å². The van der Waals surface area contributed by atoms with Gasteiger partial charge in [-0.2, -0.15) is 0 Å². The predicted octanol–water partition coefficient (Wildman–Crippen LogP) is 15.7. The van der Waals surface area contributed by atoms with Crippen LogP contribution in [0.15, 0.2) is 255 Å². The number of nitrogens with zero attached hydrogens (tertiary/aromatic N) is 1. The van der Waals surface area contributed by atoms with Gasteiger partial charge in [0.2, 0.25) is 0 Å². The smallest absolute Gasteiger partial charge is 0.118 e. The van der Waals surface area contributed by atoms with E-state index in [2.05, 4.69) is 248 Å². The molecular weight excluding hydrogens is 799 g/mol. The molecular formula is C64H47NO. The number of fused-ring (bicyclic) bond motifs is 10. The van der Waals surface area contributed by atoms with Gasteiger partial charge in [0.15, 0.2) is 0 Å². The number of hydrogen-bond acceptors (Lipinski definition) is 2. The highest BCUT2D eigenvalue weighted by molar-refractivity contribution is 5.93. The fourth-order valence-corrected chi connectivity index (χ4v) is 11.5. The lowest BCUT2D eigenvalue weighted by atomic mass is 9.66. The zero-order valence-electron chi connectivity index (χ0n) is 36.9. The Kier molecular flexibility index (Phi) is 9.43. The topological polar surface area (TPSA) is 12.5 Å². The van der Waals surface area contributed by atoms with Gasteiger partial charge in [-0.3, -0.25) is 0 Å². The largest absolute Gasteiger partial charge is 0.497 e. The van der Waals surface area contributed by atoms with E-state index in [9.17, 15) is 0 Å². The van der Waals surface area contributed by atoms with Gasteiger partial charge in [-0.05, 0) is 138 Å². The molecule has 0 bridgehead atoms. The molecule has 12 rings (SSSR count). The minimum absolute atomic E-state index is 0.596. The number of anilines is 3. The van der Waals surface area contributed by atoms with E-state index in [-0.39, 0.29) is 0 Å². The molecule has 3 aliphatic rings. The molecule has 0 aromatic heterocycles. The maximum atomic E-state index is 5.71. The van der Waals surface area contributed by atoms with E-state index in [1.54, 1.807) is 7.11 Å². The molecule has 0 heterocycles. The SMILES string of the molecule is C=C1/C=C\C=C/Cc2ccccc2C12c1ccccc1-c1ccc(N(c3ccc(-c4ccccc4)cc3)c3ccc4c(c3)C(c3ccccc3)(c3ccc(OC)cc3)c3ccccc3-4)cc12. The lowest BCUT2D eigenvalue weighted by Crippen LogP contribution is -2.30. The maximum Gasteiger partial charge on any atom is 0.118 e. The van der Waals surface area contributed by atoms with Crippen molar-refractivity contribution < 1.29 is 4.74 Å². The number of rotatable bonds is 7. The number of benzene rings is 9. The van der Waals surface area contributed by atoms with Crippen LogP contribution in [0.25, 0.3) is 33.4 Å². The molecule has 2 unspecified atom stereocenters. The Hall–Kier alpha value is -8.20.